The van der Waals surface area contributed by atoms with Gasteiger partial charge < -0.3 is 9.84 Å². The minimum Gasteiger partial charge on any atom is -0.496 e. The Kier molecular flexibility index (Phi) is 3.65. The maximum absolute atomic E-state index is 12.6. The van der Waals surface area contributed by atoms with Gasteiger partial charge in [0.2, 0.25) is 0 Å². The first-order valence-electron chi connectivity index (χ1n) is 6.88. The number of aliphatic hydroxyl groups is 1. The molecular weight excluding hydrogens is 282 g/mol. The zero-order valence-corrected chi connectivity index (χ0v) is 12.1. The third-order valence-electron chi connectivity index (χ3n) is 3.75. The van der Waals surface area contributed by atoms with Crippen molar-refractivity contribution < 1.29 is 19.4 Å². The van der Waals surface area contributed by atoms with Gasteiger partial charge in [0.25, 0.3) is 11.8 Å². The fourth-order valence-corrected chi connectivity index (χ4v) is 2.66. The van der Waals surface area contributed by atoms with E-state index >= 15 is 0 Å². The number of ether oxygens (including phenoxy) is 1. The van der Waals surface area contributed by atoms with Crippen LogP contribution in [0.5, 0.6) is 5.75 Å². The van der Waals surface area contributed by atoms with Crippen LogP contribution >= 0.6 is 0 Å². The normalized spacial score (nSPS) is 13.5. The minimum absolute atomic E-state index is 0.196. The number of hydrogen-bond acceptors (Lipinski definition) is 4. The summed E-state index contributed by atoms with van der Waals surface area (Å²) in [5, 5.41) is 9.42. The van der Waals surface area contributed by atoms with Gasteiger partial charge in [0.15, 0.2) is 0 Å². The number of nitrogens with zero attached hydrogens (tertiary/aromatic N) is 1. The molecule has 0 radical (unpaired) electrons. The Bertz CT molecular complexity index is 697. The molecule has 0 bridgehead atoms. The number of amides is 2. The Morgan fingerprint density at radius 1 is 1.00 bits per heavy atom. The Hall–Kier alpha value is -2.66. The third-order valence-corrected chi connectivity index (χ3v) is 3.75. The maximum Gasteiger partial charge on any atom is 0.265 e. The summed E-state index contributed by atoms with van der Waals surface area (Å²) in [4.78, 5) is 26.4. The number of fused-ring (bicyclic) bond motifs is 1. The highest BCUT2D eigenvalue weighted by molar-refractivity contribution is 6.23. The predicted molar refractivity (Wildman–Crippen MR) is 79.6 cm³/mol. The molecular formula is C17H15NO4. The van der Waals surface area contributed by atoms with E-state index in [0.717, 1.165) is 5.56 Å². The summed E-state index contributed by atoms with van der Waals surface area (Å²) in [7, 11) is 1.45. The maximum atomic E-state index is 12.6. The summed E-state index contributed by atoms with van der Waals surface area (Å²) >= 11 is 0. The summed E-state index contributed by atoms with van der Waals surface area (Å²) < 4.78 is 5.19. The lowest BCUT2D eigenvalue weighted by molar-refractivity contribution is 0.0640. The lowest BCUT2D eigenvalue weighted by Crippen LogP contribution is -2.29. The molecule has 2 aromatic rings. The van der Waals surface area contributed by atoms with Crippen LogP contribution in [0.1, 0.15) is 31.8 Å². The van der Waals surface area contributed by atoms with E-state index in [1.165, 1.54) is 12.0 Å². The quantitative estimate of drug-likeness (QED) is 0.876. The molecule has 5 nitrogen and oxygen atoms in total. The highest BCUT2D eigenvalue weighted by Gasteiger charge is 2.39. The first-order chi connectivity index (χ1) is 10.7. The number of carbonyl (C=O) groups excluding carboxylic acids is 2. The van der Waals surface area contributed by atoms with E-state index in [1.807, 2.05) is 30.3 Å². The number of methoxy groups -OCH3 is 1. The predicted octanol–water partition coefficient (Wildman–Crippen LogP) is 1.98. The average molecular weight is 297 g/mol. The van der Waals surface area contributed by atoms with Crippen molar-refractivity contribution in [2.75, 3.05) is 7.11 Å². The first kappa shape index (κ1) is 14.3. The SMILES string of the molecule is COc1ccc(CO)c2c1C(=O)N(Cc1ccccc1)C2=O. The van der Waals surface area contributed by atoms with Crippen LogP contribution in [0, 0.1) is 0 Å². The Morgan fingerprint density at radius 3 is 2.32 bits per heavy atom. The monoisotopic (exact) mass is 297 g/mol. The smallest absolute Gasteiger partial charge is 0.265 e. The van der Waals surface area contributed by atoms with Gasteiger partial charge in [-0.05, 0) is 17.2 Å². The van der Waals surface area contributed by atoms with Gasteiger partial charge in [0.05, 0.1) is 31.4 Å². The highest BCUT2D eigenvalue weighted by Crippen LogP contribution is 2.34. The molecule has 1 N–H and O–H groups in total. The Morgan fingerprint density at radius 2 is 1.68 bits per heavy atom. The lowest BCUT2D eigenvalue weighted by Gasteiger charge is -2.13. The van der Waals surface area contributed by atoms with E-state index < -0.39 is 11.8 Å². The van der Waals surface area contributed by atoms with Crippen molar-refractivity contribution in [3.8, 4) is 5.75 Å². The molecule has 112 valence electrons. The zero-order valence-electron chi connectivity index (χ0n) is 12.1. The largest absolute Gasteiger partial charge is 0.496 e. The lowest BCUT2D eigenvalue weighted by atomic mass is 10.0. The molecule has 5 heteroatoms. The molecule has 0 atom stereocenters. The van der Waals surface area contributed by atoms with E-state index in [1.54, 1.807) is 12.1 Å². The van der Waals surface area contributed by atoms with Gasteiger partial charge in [0, 0.05) is 0 Å². The zero-order chi connectivity index (χ0) is 15.7. The van der Waals surface area contributed by atoms with Crippen LogP contribution in [0.3, 0.4) is 0 Å². The summed E-state index contributed by atoms with van der Waals surface area (Å²) in [6.45, 7) is -0.105. The standard InChI is InChI=1S/C17H15NO4/c1-22-13-8-7-12(10-19)14-15(13)17(21)18(16(14)20)9-11-5-3-2-4-6-11/h2-8,19H,9-10H2,1H3. The van der Waals surface area contributed by atoms with Gasteiger partial charge in [-0.2, -0.15) is 0 Å². The van der Waals surface area contributed by atoms with Crippen LogP contribution in [-0.4, -0.2) is 28.9 Å². The van der Waals surface area contributed by atoms with Crippen LogP contribution in [0.4, 0.5) is 0 Å². The van der Waals surface area contributed by atoms with Crippen molar-refractivity contribution in [3.05, 3.63) is 64.7 Å². The van der Waals surface area contributed by atoms with E-state index in [9.17, 15) is 14.7 Å². The number of imide groups is 1. The van der Waals surface area contributed by atoms with E-state index in [-0.39, 0.29) is 24.3 Å². The highest BCUT2D eigenvalue weighted by atomic mass is 16.5. The molecule has 1 heterocycles. The second-order valence-electron chi connectivity index (χ2n) is 5.02. The molecule has 0 saturated carbocycles. The molecule has 3 rings (SSSR count). The van der Waals surface area contributed by atoms with Gasteiger partial charge in [-0.15, -0.1) is 0 Å². The van der Waals surface area contributed by atoms with E-state index in [4.69, 9.17) is 4.74 Å². The summed E-state index contributed by atoms with van der Waals surface area (Å²) in [5.41, 5.74) is 1.77. The molecule has 0 saturated heterocycles. The van der Waals surface area contributed by atoms with Gasteiger partial charge in [-0.1, -0.05) is 36.4 Å². The fourth-order valence-electron chi connectivity index (χ4n) is 2.66. The second kappa shape index (κ2) is 5.61. The molecule has 1 aliphatic rings. The summed E-state index contributed by atoms with van der Waals surface area (Å²) in [5.74, 6) is -0.441. The van der Waals surface area contributed by atoms with Crippen molar-refractivity contribution in [1.82, 2.24) is 4.90 Å². The molecule has 22 heavy (non-hydrogen) atoms. The molecule has 1 aliphatic heterocycles. The summed E-state index contributed by atoms with van der Waals surface area (Å²) in [6, 6.07) is 12.5. The minimum atomic E-state index is -0.396. The summed E-state index contributed by atoms with van der Waals surface area (Å²) in [6.07, 6.45) is 0. The number of rotatable bonds is 4. The first-order valence-corrected chi connectivity index (χ1v) is 6.88. The van der Waals surface area contributed by atoms with Crippen LogP contribution in [-0.2, 0) is 13.2 Å². The third kappa shape index (κ3) is 2.16. The van der Waals surface area contributed by atoms with E-state index in [0.29, 0.717) is 11.3 Å². The molecule has 2 amide bonds. The average Bonchev–Trinajstić information content (AvgIpc) is 2.81. The number of hydrogen-bond donors (Lipinski definition) is 1. The van der Waals surface area contributed by atoms with Crippen LogP contribution in [0.25, 0.3) is 0 Å². The Balaban J connectivity index is 2.04. The van der Waals surface area contributed by atoms with Gasteiger partial charge >= 0.3 is 0 Å². The van der Waals surface area contributed by atoms with Crippen LogP contribution in [0.2, 0.25) is 0 Å². The molecule has 2 aromatic carbocycles. The molecule has 0 aromatic heterocycles. The molecule has 0 spiro atoms. The van der Waals surface area contributed by atoms with Crippen molar-refractivity contribution in [1.29, 1.82) is 0 Å². The van der Waals surface area contributed by atoms with Crippen molar-refractivity contribution in [2.45, 2.75) is 13.2 Å². The molecule has 0 aliphatic carbocycles. The topological polar surface area (TPSA) is 66.8 Å². The van der Waals surface area contributed by atoms with Crippen LogP contribution in [0.15, 0.2) is 42.5 Å². The van der Waals surface area contributed by atoms with E-state index in [2.05, 4.69) is 0 Å². The van der Waals surface area contributed by atoms with Crippen molar-refractivity contribution in [3.63, 3.8) is 0 Å². The van der Waals surface area contributed by atoms with Crippen LogP contribution < -0.4 is 4.74 Å². The second-order valence-corrected chi connectivity index (χ2v) is 5.02. The van der Waals surface area contributed by atoms with Gasteiger partial charge in [-0.25, -0.2) is 0 Å². The number of aliphatic hydroxyl groups excluding tert-OH is 1. The molecule has 0 fully saturated rings. The number of carbonyl (C=O) groups is 2. The Labute approximate surface area is 127 Å². The van der Waals surface area contributed by atoms with Crippen molar-refractivity contribution >= 4 is 11.8 Å². The number of benzene rings is 2. The van der Waals surface area contributed by atoms with Gasteiger partial charge in [-0.3, -0.25) is 14.5 Å². The fraction of sp³-hybridized carbons (Fsp3) is 0.176. The van der Waals surface area contributed by atoms with Gasteiger partial charge in [0.1, 0.15) is 5.75 Å². The van der Waals surface area contributed by atoms with Crippen molar-refractivity contribution in [2.24, 2.45) is 0 Å². The molecule has 0 unspecified atom stereocenters.